The Hall–Kier alpha value is -11.0. The van der Waals surface area contributed by atoms with Crippen molar-refractivity contribution in [2.24, 2.45) is 0 Å². The lowest BCUT2D eigenvalue weighted by Gasteiger charge is -2.36. The molecule has 0 bridgehead atoms. The molecule has 0 amide bonds. The van der Waals surface area contributed by atoms with Gasteiger partial charge in [0.15, 0.2) is 0 Å². The van der Waals surface area contributed by atoms with Crippen molar-refractivity contribution in [1.29, 1.82) is 0 Å². The third-order valence-electron chi connectivity index (χ3n) is 15.3. The third kappa shape index (κ3) is 10.6. The third-order valence-corrected chi connectivity index (χ3v) is 17.3. The first-order chi connectivity index (χ1) is 44.1. The number of hydrogen-bond acceptors (Lipinski definition) is 18. The van der Waals surface area contributed by atoms with Gasteiger partial charge in [-0.25, -0.2) is 29.1 Å². The van der Waals surface area contributed by atoms with Crippen LogP contribution in [0.15, 0.2) is 170 Å². The van der Waals surface area contributed by atoms with Crippen LogP contribution >= 0.6 is 22.7 Å². The maximum Gasteiger partial charge on any atom is 0.416 e. The summed E-state index contributed by atoms with van der Waals surface area (Å²) in [5.41, 5.74) is -10.2. The number of halogens is 6. The zero-order valence-corrected chi connectivity index (χ0v) is 48.5. The van der Waals surface area contributed by atoms with E-state index >= 15 is 19.2 Å². The molecule has 4 heterocycles. The quantitative estimate of drug-likeness (QED) is 0.0247. The molecule has 0 saturated carbocycles. The highest BCUT2D eigenvalue weighted by molar-refractivity contribution is 7.17. The highest BCUT2D eigenvalue weighted by Crippen LogP contribution is 2.57. The lowest BCUT2D eigenvalue weighted by molar-refractivity contribution is -0.185. The minimum atomic E-state index is -4.89. The molecule has 4 aliphatic rings. The maximum atomic E-state index is 15.3. The summed E-state index contributed by atoms with van der Waals surface area (Å²) in [6.07, 6.45) is -7.62. The van der Waals surface area contributed by atoms with Crippen molar-refractivity contribution < 1.29 is 93.1 Å². The normalized spacial score (nSPS) is 15.7. The monoisotopic (exact) mass is 1280 g/mol. The molecule has 2 aromatic heterocycles. The number of Topliss-reactive ketones (excluding diaryl/α,β-unsaturated/α-hetero) is 4. The van der Waals surface area contributed by atoms with Crippen LogP contribution in [0.5, 0.6) is 11.5 Å². The topological polar surface area (TPSA) is 218 Å². The van der Waals surface area contributed by atoms with E-state index in [2.05, 4.69) is 0 Å². The Morgan fingerprint density at radius 3 is 1.00 bits per heavy atom. The Kier molecular flexibility index (Phi) is 15.1. The van der Waals surface area contributed by atoms with E-state index in [-0.39, 0.29) is 53.5 Å². The first-order valence-electron chi connectivity index (χ1n) is 27.6. The number of allylic oxidation sites excluding steroid dienone is 2. The minimum Gasteiger partial charge on any atom is -0.458 e. The molecule has 458 valence electrons. The Morgan fingerprint density at radius 1 is 0.402 bits per heavy atom. The van der Waals surface area contributed by atoms with Gasteiger partial charge in [0.2, 0.25) is 23.1 Å². The number of aromatic nitrogens is 2. The lowest BCUT2D eigenvalue weighted by atomic mass is 9.88. The number of esters is 4. The Balaban J connectivity index is 1.02. The van der Waals surface area contributed by atoms with Gasteiger partial charge >= 0.3 is 47.4 Å². The molecule has 2 aliphatic heterocycles. The Labute approximate surface area is 522 Å². The lowest BCUT2D eigenvalue weighted by Crippen LogP contribution is -2.53. The number of carbonyl (C=O) groups excluding carboxylic acids is 8. The minimum absolute atomic E-state index is 0.0864. The predicted octanol–water partition coefficient (Wildman–Crippen LogP) is 12.7. The number of rotatable bonds is 14. The number of ketones is 4. The van der Waals surface area contributed by atoms with Gasteiger partial charge in [-0.1, -0.05) is 133 Å². The van der Waals surface area contributed by atoms with E-state index in [0.717, 1.165) is 24.3 Å². The van der Waals surface area contributed by atoms with E-state index in [1.54, 1.807) is 121 Å². The number of carbonyl (C=O) groups is 8. The van der Waals surface area contributed by atoms with Gasteiger partial charge < -0.3 is 28.4 Å². The second-order valence-corrected chi connectivity index (χ2v) is 23.1. The Morgan fingerprint density at radius 2 is 0.707 bits per heavy atom. The largest absolute Gasteiger partial charge is 0.458 e. The molecule has 0 saturated heterocycles. The van der Waals surface area contributed by atoms with E-state index in [1.807, 2.05) is 0 Å². The van der Waals surface area contributed by atoms with E-state index in [4.69, 9.17) is 38.4 Å². The van der Waals surface area contributed by atoms with Gasteiger partial charge in [0.05, 0.1) is 20.9 Å². The summed E-state index contributed by atoms with van der Waals surface area (Å²) in [7, 11) is 0. The standard InChI is InChI=1S/C68H38F6N2O14S2/c69-67(70,71)39-21-23-41-43(25-39)53(77)55(79)45(41)29-51-75-59-57(91-51)47-28-50-48(27-49(47)89-65(59,61(81)85-31-35-13-5-1-6-14-35)62(82)86-32-36-15-7-2-8-16-36)58-60(76-52(92-58)30-46-42-24-22-40(68(72,73)74)26-44(42)54(78)56(46)80)66(90-50,63(83)87-33-37-17-9-3-10-18-37)64(84)88-34-38-19-11-4-12-20-38/h1-30H,31-34H2/b45-29-,46-30-. The van der Waals surface area contributed by atoms with Gasteiger partial charge in [-0.05, 0) is 81.9 Å². The summed E-state index contributed by atoms with van der Waals surface area (Å²) in [5.74, 6) is -11.2. The van der Waals surface area contributed by atoms with Crippen molar-refractivity contribution in [2.45, 2.75) is 50.0 Å². The first-order valence-corrected chi connectivity index (χ1v) is 29.2. The average molecular weight is 1290 g/mol. The molecule has 13 rings (SSSR count). The van der Waals surface area contributed by atoms with Gasteiger partial charge in [-0.2, -0.15) is 26.3 Å². The SMILES string of the molecule is O=C1C(=O)c2cc(C(F)(F)F)ccc2/C1=C/c1nc2c(s1)-c1cc3c(cc1OC2(C(=O)OCc1ccccc1)C(=O)OCc1ccccc1)-c1sc(/C=C2\C(=O)C(=O)c4cc(C(F)(F)F)ccc42)nc1C(C(=O)OCc1ccccc1)(C(=O)OCc1ccccc1)O3. The smallest absolute Gasteiger partial charge is 0.416 e. The zero-order valence-electron chi connectivity index (χ0n) is 46.8. The van der Waals surface area contributed by atoms with Crippen molar-refractivity contribution in [3.05, 3.63) is 247 Å². The van der Waals surface area contributed by atoms with Crippen LogP contribution in [-0.2, 0) is 97.7 Å². The summed E-state index contributed by atoms with van der Waals surface area (Å²) in [6.45, 7) is -1.84. The molecule has 16 nitrogen and oxygen atoms in total. The van der Waals surface area contributed by atoms with Crippen LogP contribution in [0.2, 0.25) is 0 Å². The highest BCUT2D eigenvalue weighted by atomic mass is 32.1. The van der Waals surface area contributed by atoms with Crippen molar-refractivity contribution in [2.75, 3.05) is 0 Å². The summed E-state index contributed by atoms with van der Waals surface area (Å²) in [5, 5.41) is -0.459. The molecule has 7 aromatic carbocycles. The summed E-state index contributed by atoms with van der Waals surface area (Å²) >= 11 is 1.38. The van der Waals surface area contributed by atoms with Crippen molar-refractivity contribution in [1.82, 2.24) is 9.97 Å². The number of benzene rings is 7. The van der Waals surface area contributed by atoms with Gasteiger partial charge in [-0.15, -0.1) is 22.7 Å². The fourth-order valence-corrected chi connectivity index (χ4v) is 12.9. The molecule has 0 atom stereocenters. The molecule has 0 radical (unpaired) electrons. The van der Waals surface area contributed by atoms with Crippen LogP contribution in [0, 0.1) is 0 Å². The number of fused-ring (bicyclic) bond motifs is 8. The van der Waals surface area contributed by atoms with Gasteiger partial charge in [0.1, 0.15) is 59.3 Å². The molecule has 0 unspecified atom stereocenters. The summed E-state index contributed by atoms with van der Waals surface area (Å²) in [6, 6.07) is 40.0. The van der Waals surface area contributed by atoms with Crippen molar-refractivity contribution in [3.8, 4) is 32.4 Å². The number of hydrogen-bond donors (Lipinski definition) is 0. The van der Waals surface area contributed by atoms with Crippen LogP contribution in [0.1, 0.15) is 86.6 Å². The van der Waals surface area contributed by atoms with Crippen LogP contribution in [0.25, 0.3) is 44.2 Å². The molecule has 0 N–H and O–H groups in total. The molecule has 9 aromatic rings. The average Bonchev–Trinajstić information content (AvgIpc) is 1.31. The van der Waals surface area contributed by atoms with E-state index in [9.17, 15) is 45.5 Å². The van der Waals surface area contributed by atoms with Crippen LogP contribution in [0.3, 0.4) is 0 Å². The van der Waals surface area contributed by atoms with E-state index in [0.29, 0.717) is 69.2 Å². The molecule has 2 aliphatic carbocycles. The number of ether oxygens (including phenoxy) is 6. The first kappa shape index (κ1) is 60.0. The molecule has 24 heteroatoms. The predicted molar refractivity (Wildman–Crippen MR) is 316 cm³/mol. The van der Waals surface area contributed by atoms with Gasteiger partial charge in [0, 0.05) is 33.4 Å². The molecular formula is C68H38F6N2O14S2. The number of thiazole rings is 2. The number of nitrogens with zero attached hydrogens (tertiary/aromatic N) is 2. The van der Waals surface area contributed by atoms with Crippen LogP contribution in [0.4, 0.5) is 26.3 Å². The van der Waals surface area contributed by atoms with Crippen LogP contribution in [-0.4, -0.2) is 57.0 Å². The van der Waals surface area contributed by atoms with Crippen molar-refractivity contribution in [3.63, 3.8) is 0 Å². The fourth-order valence-electron chi connectivity index (χ4n) is 10.7. The molecule has 92 heavy (non-hydrogen) atoms. The Bertz CT molecular complexity index is 4270. The second kappa shape index (κ2) is 23.1. The van der Waals surface area contributed by atoms with Crippen molar-refractivity contribution >= 4 is 93.0 Å². The van der Waals surface area contributed by atoms with Gasteiger partial charge in [-0.3, -0.25) is 19.2 Å². The maximum absolute atomic E-state index is 15.3. The van der Waals surface area contributed by atoms with E-state index in [1.165, 1.54) is 12.1 Å². The summed E-state index contributed by atoms with van der Waals surface area (Å²) in [4.78, 5) is 125. The second-order valence-electron chi connectivity index (χ2n) is 21.1. The van der Waals surface area contributed by atoms with E-state index < -0.39 is 142 Å². The molecule has 0 spiro atoms. The van der Waals surface area contributed by atoms with Crippen LogP contribution < -0.4 is 9.47 Å². The molecular weight excluding hydrogens is 1250 g/mol. The zero-order chi connectivity index (χ0) is 64.4. The number of alkyl halides is 6. The highest BCUT2D eigenvalue weighted by Gasteiger charge is 2.63. The molecule has 0 fully saturated rings. The summed E-state index contributed by atoms with van der Waals surface area (Å²) < 4.78 is 121. The van der Waals surface area contributed by atoms with Gasteiger partial charge in [0.25, 0.3) is 0 Å². The fraction of sp³-hybridized carbons (Fsp3) is 0.118.